The van der Waals surface area contributed by atoms with Crippen molar-refractivity contribution in [3.8, 4) is 0 Å². The van der Waals surface area contributed by atoms with Crippen LogP contribution in [0.25, 0.3) is 0 Å². The van der Waals surface area contributed by atoms with Crippen LogP contribution >= 0.6 is 0 Å². The Labute approximate surface area is 118 Å². The van der Waals surface area contributed by atoms with Gasteiger partial charge in [-0.1, -0.05) is 13.8 Å². The number of piperidine rings is 1. The van der Waals surface area contributed by atoms with Gasteiger partial charge in [-0.15, -0.1) is 0 Å². The monoisotopic (exact) mass is 280 g/mol. The van der Waals surface area contributed by atoms with Gasteiger partial charge < -0.3 is 15.7 Å². The highest BCUT2D eigenvalue weighted by molar-refractivity contribution is 5.95. The number of aromatic carboxylic acids is 1. The summed E-state index contributed by atoms with van der Waals surface area (Å²) >= 11 is 0. The van der Waals surface area contributed by atoms with Gasteiger partial charge in [-0.3, -0.25) is 0 Å². The predicted molar refractivity (Wildman–Crippen MR) is 77.5 cm³/mol. The summed E-state index contributed by atoms with van der Waals surface area (Å²) in [6.45, 7) is 7.04. The van der Waals surface area contributed by atoms with Gasteiger partial charge in [-0.25, -0.2) is 9.18 Å². The lowest BCUT2D eigenvalue weighted by molar-refractivity contribution is 0.0698. The van der Waals surface area contributed by atoms with Crippen molar-refractivity contribution in [3.05, 3.63) is 23.5 Å². The first-order valence-corrected chi connectivity index (χ1v) is 6.90. The summed E-state index contributed by atoms with van der Waals surface area (Å²) in [5.41, 5.74) is 5.83. The highest BCUT2D eigenvalue weighted by Gasteiger charge is 2.31. The van der Waals surface area contributed by atoms with Gasteiger partial charge in [0.05, 0.1) is 11.3 Å². The number of carbonyl (C=O) groups is 1. The number of nitrogens with two attached hydrogens (primary N) is 1. The largest absolute Gasteiger partial charge is 0.478 e. The van der Waals surface area contributed by atoms with E-state index in [2.05, 4.69) is 13.8 Å². The van der Waals surface area contributed by atoms with E-state index in [9.17, 15) is 9.18 Å². The normalized spacial score (nSPS) is 26.6. The predicted octanol–water partition coefficient (Wildman–Crippen LogP) is 2.98. The fourth-order valence-electron chi connectivity index (χ4n) is 3.02. The van der Waals surface area contributed by atoms with E-state index in [0.29, 0.717) is 17.5 Å². The van der Waals surface area contributed by atoms with E-state index in [1.165, 1.54) is 6.07 Å². The van der Waals surface area contributed by atoms with Gasteiger partial charge in [0.2, 0.25) is 0 Å². The van der Waals surface area contributed by atoms with E-state index in [0.717, 1.165) is 19.0 Å². The van der Waals surface area contributed by atoms with E-state index in [4.69, 9.17) is 10.8 Å². The number of rotatable bonds is 2. The van der Waals surface area contributed by atoms with Crippen molar-refractivity contribution in [2.45, 2.75) is 33.2 Å². The first-order valence-electron chi connectivity index (χ1n) is 6.90. The summed E-state index contributed by atoms with van der Waals surface area (Å²) < 4.78 is 14.2. The van der Waals surface area contributed by atoms with E-state index < -0.39 is 11.8 Å². The van der Waals surface area contributed by atoms with Gasteiger partial charge in [0.1, 0.15) is 5.82 Å². The Morgan fingerprint density at radius 1 is 1.40 bits per heavy atom. The molecule has 1 aliphatic heterocycles. The molecule has 1 saturated heterocycles. The quantitative estimate of drug-likeness (QED) is 0.817. The molecule has 1 aromatic carbocycles. The second-order valence-electron chi connectivity index (χ2n) is 5.91. The number of carboxylic acid groups (broad SMARTS) is 1. The molecule has 0 aromatic heterocycles. The smallest absolute Gasteiger partial charge is 0.337 e. The SMILES string of the molecule is CC1CC(C)C(C)N(c2cc(C(=O)O)c(N)cc2F)C1. The fraction of sp³-hybridized carbons (Fsp3) is 0.533. The van der Waals surface area contributed by atoms with Gasteiger partial charge in [-0.2, -0.15) is 0 Å². The second-order valence-corrected chi connectivity index (χ2v) is 5.91. The molecule has 1 aromatic rings. The molecule has 0 saturated carbocycles. The molecular weight excluding hydrogens is 259 g/mol. The third-order valence-electron chi connectivity index (χ3n) is 4.26. The first kappa shape index (κ1) is 14.6. The highest BCUT2D eigenvalue weighted by atomic mass is 19.1. The fourth-order valence-corrected chi connectivity index (χ4v) is 3.02. The van der Waals surface area contributed by atoms with Crippen LogP contribution in [0.2, 0.25) is 0 Å². The van der Waals surface area contributed by atoms with E-state index in [1.807, 2.05) is 11.8 Å². The van der Waals surface area contributed by atoms with E-state index in [-0.39, 0.29) is 17.3 Å². The van der Waals surface area contributed by atoms with Crippen LogP contribution in [0.5, 0.6) is 0 Å². The van der Waals surface area contributed by atoms with Crippen molar-refractivity contribution in [3.63, 3.8) is 0 Å². The molecule has 0 spiro atoms. The Kier molecular flexibility index (Phi) is 3.88. The van der Waals surface area contributed by atoms with Crippen LogP contribution in [0.3, 0.4) is 0 Å². The zero-order valence-electron chi connectivity index (χ0n) is 12.1. The van der Waals surface area contributed by atoms with Crippen LogP contribution in [-0.2, 0) is 0 Å². The zero-order chi connectivity index (χ0) is 15.0. The van der Waals surface area contributed by atoms with Crippen molar-refractivity contribution < 1.29 is 14.3 Å². The van der Waals surface area contributed by atoms with Crippen molar-refractivity contribution >= 4 is 17.3 Å². The number of nitrogen functional groups attached to an aromatic ring is 1. The summed E-state index contributed by atoms with van der Waals surface area (Å²) in [6, 6.07) is 2.63. The number of benzene rings is 1. The summed E-state index contributed by atoms with van der Waals surface area (Å²) in [4.78, 5) is 13.1. The highest BCUT2D eigenvalue weighted by Crippen LogP contribution is 2.34. The Morgan fingerprint density at radius 2 is 2.05 bits per heavy atom. The van der Waals surface area contributed by atoms with E-state index >= 15 is 0 Å². The molecule has 3 N–H and O–H groups in total. The minimum atomic E-state index is -1.13. The summed E-state index contributed by atoms with van der Waals surface area (Å²) in [5.74, 6) is -0.703. The Hall–Kier alpha value is -1.78. The van der Waals surface area contributed by atoms with Gasteiger partial charge in [0.15, 0.2) is 0 Å². The lowest BCUT2D eigenvalue weighted by Gasteiger charge is -2.42. The van der Waals surface area contributed by atoms with Crippen LogP contribution in [-0.4, -0.2) is 23.7 Å². The summed E-state index contributed by atoms with van der Waals surface area (Å²) in [6.07, 6.45) is 1.10. The number of anilines is 2. The molecule has 2 rings (SSSR count). The lowest BCUT2D eigenvalue weighted by atomic mass is 9.85. The van der Waals surface area contributed by atoms with Gasteiger partial charge in [0.25, 0.3) is 0 Å². The van der Waals surface area contributed by atoms with Crippen LogP contribution in [0, 0.1) is 17.7 Å². The Morgan fingerprint density at radius 3 is 2.65 bits per heavy atom. The molecule has 0 amide bonds. The number of hydrogen-bond acceptors (Lipinski definition) is 3. The molecule has 0 radical (unpaired) electrons. The lowest BCUT2D eigenvalue weighted by Crippen LogP contribution is -2.46. The Bertz CT molecular complexity index is 533. The molecule has 0 bridgehead atoms. The molecule has 3 atom stereocenters. The van der Waals surface area contributed by atoms with Crippen molar-refractivity contribution in [1.29, 1.82) is 0 Å². The number of carboxylic acids is 1. The number of halogens is 1. The minimum Gasteiger partial charge on any atom is -0.478 e. The second kappa shape index (κ2) is 5.31. The van der Waals surface area contributed by atoms with Crippen LogP contribution in [0.15, 0.2) is 12.1 Å². The maximum atomic E-state index is 14.2. The molecule has 5 heteroatoms. The molecule has 1 fully saturated rings. The minimum absolute atomic E-state index is 0.0375. The van der Waals surface area contributed by atoms with Crippen molar-refractivity contribution in [2.75, 3.05) is 17.2 Å². The molecule has 20 heavy (non-hydrogen) atoms. The maximum absolute atomic E-state index is 14.2. The number of hydrogen-bond donors (Lipinski definition) is 2. The van der Waals surface area contributed by atoms with Crippen molar-refractivity contribution in [2.24, 2.45) is 11.8 Å². The Balaban J connectivity index is 2.45. The molecule has 1 heterocycles. The average molecular weight is 280 g/mol. The van der Waals surface area contributed by atoms with Crippen LogP contribution < -0.4 is 10.6 Å². The number of nitrogens with zero attached hydrogens (tertiary/aromatic N) is 1. The molecule has 3 unspecified atom stereocenters. The third-order valence-corrected chi connectivity index (χ3v) is 4.26. The van der Waals surface area contributed by atoms with Gasteiger partial charge in [-0.05, 0) is 37.3 Å². The van der Waals surface area contributed by atoms with Crippen LogP contribution in [0.4, 0.5) is 15.8 Å². The molecular formula is C15H21FN2O2. The summed E-state index contributed by atoms with van der Waals surface area (Å²) in [5, 5.41) is 9.13. The topological polar surface area (TPSA) is 66.6 Å². The summed E-state index contributed by atoms with van der Waals surface area (Å²) in [7, 11) is 0. The third kappa shape index (κ3) is 2.57. The average Bonchev–Trinajstić information content (AvgIpc) is 2.33. The molecule has 4 nitrogen and oxygen atoms in total. The standard InChI is InChI=1S/C15H21FN2O2/c1-8-4-9(2)10(3)18(7-8)14-5-11(15(19)20)13(17)6-12(14)16/h5-6,8-10H,4,7,17H2,1-3H3,(H,19,20). The first-order chi connectivity index (χ1) is 9.31. The maximum Gasteiger partial charge on any atom is 0.337 e. The molecule has 0 aliphatic carbocycles. The van der Waals surface area contributed by atoms with Gasteiger partial charge >= 0.3 is 5.97 Å². The molecule has 1 aliphatic rings. The van der Waals surface area contributed by atoms with E-state index in [1.54, 1.807) is 0 Å². The zero-order valence-corrected chi connectivity index (χ0v) is 12.1. The van der Waals surface area contributed by atoms with Crippen molar-refractivity contribution in [1.82, 2.24) is 0 Å². The van der Waals surface area contributed by atoms with Crippen LogP contribution in [0.1, 0.15) is 37.6 Å². The molecule has 110 valence electrons. The van der Waals surface area contributed by atoms with Gasteiger partial charge in [0, 0.05) is 18.3 Å².